The number of carbonyl (C=O) groups is 1. The van der Waals surface area contributed by atoms with Crippen LogP contribution in [-0.4, -0.2) is 56.7 Å². The predicted molar refractivity (Wildman–Crippen MR) is 144 cm³/mol. The molecule has 1 aliphatic rings. The molecule has 0 unspecified atom stereocenters. The second-order valence-electron chi connectivity index (χ2n) is 9.86. The molecular formula is C29H33FN6O. The third-order valence-corrected chi connectivity index (χ3v) is 7.18. The fourth-order valence-corrected chi connectivity index (χ4v) is 5.06. The minimum absolute atomic E-state index is 0.0724. The summed E-state index contributed by atoms with van der Waals surface area (Å²) < 4.78 is 15.4. The van der Waals surface area contributed by atoms with Crippen molar-refractivity contribution in [3.63, 3.8) is 0 Å². The Morgan fingerprint density at radius 1 is 1.00 bits per heavy atom. The fraction of sp³-hybridized carbons (Fsp3) is 0.379. The first kappa shape index (κ1) is 24.9. The number of piperazine rings is 1. The van der Waals surface area contributed by atoms with Gasteiger partial charge in [-0.15, -0.1) is 0 Å². The van der Waals surface area contributed by atoms with E-state index in [4.69, 9.17) is 15.1 Å². The van der Waals surface area contributed by atoms with E-state index in [0.717, 1.165) is 58.0 Å². The van der Waals surface area contributed by atoms with E-state index < -0.39 is 0 Å². The Labute approximate surface area is 216 Å². The quantitative estimate of drug-likeness (QED) is 0.353. The van der Waals surface area contributed by atoms with Gasteiger partial charge in [-0.3, -0.25) is 4.79 Å². The molecule has 0 N–H and O–H groups in total. The van der Waals surface area contributed by atoms with Crippen LogP contribution in [0.3, 0.4) is 0 Å². The summed E-state index contributed by atoms with van der Waals surface area (Å²) in [6.07, 6.45) is 2.02. The average molecular weight is 501 g/mol. The molecule has 0 saturated carbocycles. The average Bonchev–Trinajstić information content (AvgIpc) is 3.25. The van der Waals surface area contributed by atoms with E-state index in [0.29, 0.717) is 26.2 Å². The molecule has 0 spiro atoms. The van der Waals surface area contributed by atoms with Gasteiger partial charge in [0, 0.05) is 37.7 Å². The van der Waals surface area contributed by atoms with Crippen molar-refractivity contribution in [1.82, 2.24) is 24.6 Å². The summed E-state index contributed by atoms with van der Waals surface area (Å²) >= 11 is 0. The van der Waals surface area contributed by atoms with E-state index in [1.54, 1.807) is 16.8 Å². The summed E-state index contributed by atoms with van der Waals surface area (Å²) in [6, 6.07) is 14.0. The Morgan fingerprint density at radius 3 is 2.38 bits per heavy atom. The van der Waals surface area contributed by atoms with E-state index in [1.807, 2.05) is 43.0 Å². The molecule has 2 aromatic heterocycles. The molecule has 0 radical (unpaired) electrons. The molecule has 5 rings (SSSR count). The van der Waals surface area contributed by atoms with Crippen molar-refractivity contribution in [2.45, 2.75) is 46.5 Å². The standard InChI is InChI=1S/C29H33FN6O/c1-5-8-20(3)26-31-27(25-21(4)33-36(28(25)32-26)23-13-11-22(30)12-14-23)34-15-17-35(18-16-34)29(37)24-10-7-6-9-19(24)2/h6-7,9-14,20H,5,8,15-18H2,1-4H3/t20-/m1/s1. The van der Waals surface area contributed by atoms with Crippen LogP contribution in [0.4, 0.5) is 10.2 Å². The molecule has 8 heteroatoms. The molecule has 7 nitrogen and oxygen atoms in total. The van der Waals surface area contributed by atoms with Gasteiger partial charge < -0.3 is 9.80 Å². The molecule has 1 atom stereocenters. The number of hydrogen-bond donors (Lipinski definition) is 0. The molecule has 1 aliphatic heterocycles. The first-order valence-electron chi connectivity index (χ1n) is 13.0. The summed E-state index contributed by atoms with van der Waals surface area (Å²) in [6.45, 7) is 10.8. The number of carbonyl (C=O) groups excluding carboxylic acids is 1. The molecule has 0 aliphatic carbocycles. The molecule has 1 amide bonds. The minimum atomic E-state index is -0.289. The predicted octanol–water partition coefficient (Wildman–Crippen LogP) is 5.44. The first-order valence-corrected chi connectivity index (χ1v) is 13.0. The third-order valence-electron chi connectivity index (χ3n) is 7.18. The van der Waals surface area contributed by atoms with Gasteiger partial charge in [0.05, 0.1) is 16.8 Å². The van der Waals surface area contributed by atoms with Crippen LogP contribution in [0, 0.1) is 19.7 Å². The molecule has 192 valence electrons. The zero-order valence-electron chi connectivity index (χ0n) is 21.9. The van der Waals surface area contributed by atoms with E-state index in [-0.39, 0.29) is 17.6 Å². The SMILES string of the molecule is CCC[C@@H](C)c1nc(N2CCN(C(=O)c3ccccc3C)CC2)c2c(C)nn(-c3ccc(F)cc3)c2n1. The number of rotatable bonds is 6. The monoisotopic (exact) mass is 500 g/mol. The van der Waals surface area contributed by atoms with Gasteiger partial charge in [0.25, 0.3) is 5.91 Å². The molecule has 1 fully saturated rings. The maximum Gasteiger partial charge on any atom is 0.254 e. The molecule has 1 saturated heterocycles. The lowest BCUT2D eigenvalue weighted by atomic mass is 10.1. The van der Waals surface area contributed by atoms with Gasteiger partial charge in [-0.25, -0.2) is 19.0 Å². The second kappa shape index (κ2) is 10.3. The molecule has 2 aromatic carbocycles. The fourth-order valence-electron chi connectivity index (χ4n) is 5.06. The van der Waals surface area contributed by atoms with Gasteiger partial charge in [0.2, 0.25) is 0 Å². The number of anilines is 1. The number of hydrogen-bond acceptors (Lipinski definition) is 5. The van der Waals surface area contributed by atoms with Crippen molar-refractivity contribution in [1.29, 1.82) is 0 Å². The summed E-state index contributed by atoms with van der Waals surface area (Å²) in [5.41, 5.74) is 4.05. The van der Waals surface area contributed by atoms with Gasteiger partial charge in [0.1, 0.15) is 17.5 Å². The molecular weight excluding hydrogens is 467 g/mol. The Morgan fingerprint density at radius 2 is 1.70 bits per heavy atom. The molecule has 37 heavy (non-hydrogen) atoms. The Balaban J connectivity index is 1.51. The number of benzene rings is 2. The van der Waals surface area contributed by atoms with Crippen molar-refractivity contribution in [3.8, 4) is 5.69 Å². The highest BCUT2D eigenvalue weighted by Gasteiger charge is 2.28. The topological polar surface area (TPSA) is 67.2 Å². The summed E-state index contributed by atoms with van der Waals surface area (Å²) in [4.78, 5) is 27.4. The van der Waals surface area contributed by atoms with E-state index in [2.05, 4.69) is 18.7 Å². The van der Waals surface area contributed by atoms with Crippen molar-refractivity contribution in [2.75, 3.05) is 31.1 Å². The first-order chi connectivity index (χ1) is 17.9. The Kier molecular flexibility index (Phi) is 6.91. The maximum absolute atomic E-state index is 13.6. The number of amides is 1. The van der Waals surface area contributed by atoms with Gasteiger partial charge in [-0.05, 0) is 56.2 Å². The molecule has 4 aromatic rings. The number of halogens is 1. The van der Waals surface area contributed by atoms with Crippen molar-refractivity contribution >= 4 is 22.8 Å². The highest BCUT2D eigenvalue weighted by atomic mass is 19.1. The number of aryl methyl sites for hydroxylation is 2. The van der Waals surface area contributed by atoms with Crippen LogP contribution < -0.4 is 4.90 Å². The van der Waals surface area contributed by atoms with Crippen LogP contribution in [-0.2, 0) is 0 Å². The Hall–Kier alpha value is -3.81. The number of nitrogens with zero attached hydrogens (tertiary/aromatic N) is 6. The van der Waals surface area contributed by atoms with Crippen LogP contribution in [0.15, 0.2) is 48.5 Å². The Bertz CT molecular complexity index is 1420. The zero-order valence-corrected chi connectivity index (χ0v) is 21.9. The van der Waals surface area contributed by atoms with Gasteiger partial charge in [0.15, 0.2) is 5.65 Å². The summed E-state index contributed by atoms with van der Waals surface area (Å²) in [5, 5.41) is 5.68. The highest BCUT2D eigenvalue weighted by molar-refractivity contribution is 5.96. The van der Waals surface area contributed by atoms with Gasteiger partial charge >= 0.3 is 0 Å². The van der Waals surface area contributed by atoms with Crippen molar-refractivity contribution in [2.24, 2.45) is 0 Å². The van der Waals surface area contributed by atoms with E-state index >= 15 is 0 Å². The maximum atomic E-state index is 13.6. The smallest absolute Gasteiger partial charge is 0.254 e. The zero-order chi connectivity index (χ0) is 26.1. The number of fused-ring (bicyclic) bond motifs is 1. The van der Waals surface area contributed by atoms with Gasteiger partial charge in [-0.1, -0.05) is 38.5 Å². The molecule has 3 heterocycles. The summed E-state index contributed by atoms with van der Waals surface area (Å²) in [7, 11) is 0. The number of aromatic nitrogens is 4. The third kappa shape index (κ3) is 4.80. The lowest BCUT2D eigenvalue weighted by Crippen LogP contribution is -2.49. The normalized spacial score (nSPS) is 14.8. The second-order valence-corrected chi connectivity index (χ2v) is 9.86. The van der Waals surface area contributed by atoms with Crippen LogP contribution in [0.25, 0.3) is 16.7 Å². The summed E-state index contributed by atoms with van der Waals surface area (Å²) in [5.74, 6) is 1.61. The van der Waals surface area contributed by atoms with Crippen molar-refractivity contribution in [3.05, 3.63) is 77.0 Å². The van der Waals surface area contributed by atoms with Crippen LogP contribution in [0.5, 0.6) is 0 Å². The highest BCUT2D eigenvalue weighted by Crippen LogP contribution is 2.32. The molecule has 0 bridgehead atoms. The van der Waals surface area contributed by atoms with Crippen molar-refractivity contribution < 1.29 is 9.18 Å². The lowest BCUT2D eigenvalue weighted by Gasteiger charge is -2.36. The van der Waals surface area contributed by atoms with E-state index in [9.17, 15) is 9.18 Å². The minimum Gasteiger partial charge on any atom is -0.352 e. The largest absolute Gasteiger partial charge is 0.352 e. The van der Waals surface area contributed by atoms with Gasteiger partial charge in [-0.2, -0.15) is 5.10 Å². The lowest BCUT2D eigenvalue weighted by molar-refractivity contribution is 0.0746. The van der Waals surface area contributed by atoms with E-state index in [1.165, 1.54) is 12.1 Å². The van der Waals surface area contributed by atoms with Crippen LogP contribution in [0.2, 0.25) is 0 Å². The van der Waals surface area contributed by atoms with Crippen LogP contribution in [0.1, 0.15) is 60.0 Å². The van der Waals surface area contributed by atoms with Crippen LogP contribution >= 0.6 is 0 Å².